The number of carbonyl (C=O) groups is 1. The summed E-state index contributed by atoms with van der Waals surface area (Å²) in [6.45, 7) is 6.82. The molecule has 88 valence electrons. The molecular weight excluding hydrogens is 204 g/mol. The van der Waals surface area contributed by atoms with Gasteiger partial charge in [-0.05, 0) is 39.3 Å². The zero-order valence-electron chi connectivity index (χ0n) is 10.1. The van der Waals surface area contributed by atoms with Crippen LogP contribution in [0, 0.1) is 13.8 Å². The average Bonchev–Trinajstić information content (AvgIpc) is 2.17. The Bertz CT molecular complexity index is 420. The Labute approximate surface area is 95.5 Å². The molecule has 1 rings (SSSR count). The molecule has 1 amide bonds. The summed E-state index contributed by atoms with van der Waals surface area (Å²) in [6, 6.07) is 3.51. The van der Waals surface area contributed by atoms with Crippen molar-refractivity contribution in [3.05, 3.63) is 23.3 Å². The van der Waals surface area contributed by atoms with E-state index in [1.54, 1.807) is 39.8 Å². The van der Waals surface area contributed by atoms with E-state index >= 15 is 0 Å². The van der Waals surface area contributed by atoms with Gasteiger partial charge in [0.15, 0.2) is 0 Å². The third-order valence-electron chi connectivity index (χ3n) is 2.47. The van der Waals surface area contributed by atoms with E-state index in [1.807, 2.05) is 0 Å². The van der Waals surface area contributed by atoms with Crippen LogP contribution in [0.25, 0.3) is 0 Å². The van der Waals surface area contributed by atoms with Crippen LogP contribution >= 0.6 is 0 Å². The van der Waals surface area contributed by atoms with Gasteiger partial charge >= 0.3 is 0 Å². The first-order valence-corrected chi connectivity index (χ1v) is 5.13. The second kappa shape index (κ2) is 4.14. The summed E-state index contributed by atoms with van der Waals surface area (Å²) in [4.78, 5) is 11.7. The molecule has 0 atom stereocenters. The van der Waals surface area contributed by atoms with Crippen LogP contribution < -0.4 is 11.1 Å². The number of nitrogens with two attached hydrogens (primary N) is 1. The Kier molecular flexibility index (Phi) is 3.24. The molecule has 16 heavy (non-hydrogen) atoms. The summed E-state index contributed by atoms with van der Waals surface area (Å²) in [5.74, 6) is -0.0773. The first kappa shape index (κ1) is 12.5. The zero-order valence-corrected chi connectivity index (χ0v) is 10.1. The van der Waals surface area contributed by atoms with Crippen molar-refractivity contribution in [2.75, 3.05) is 5.32 Å². The minimum Gasteiger partial charge on any atom is -0.507 e. The molecule has 0 fully saturated rings. The number of hydrogen-bond donors (Lipinski definition) is 3. The maximum atomic E-state index is 11.7. The van der Waals surface area contributed by atoms with E-state index in [0.29, 0.717) is 11.3 Å². The molecule has 0 heterocycles. The van der Waals surface area contributed by atoms with Gasteiger partial charge in [-0.15, -0.1) is 0 Å². The van der Waals surface area contributed by atoms with Gasteiger partial charge < -0.3 is 16.2 Å². The number of amides is 1. The van der Waals surface area contributed by atoms with Crippen molar-refractivity contribution in [3.8, 4) is 5.75 Å². The van der Waals surface area contributed by atoms with E-state index in [-0.39, 0.29) is 11.7 Å². The number of nitrogens with one attached hydrogen (secondary N) is 1. The van der Waals surface area contributed by atoms with Gasteiger partial charge in [-0.1, -0.05) is 6.07 Å². The van der Waals surface area contributed by atoms with Crippen molar-refractivity contribution in [2.24, 2.45) is 5.73 Å². The van der Waals surface area contributed by atoms with E-state index < -0.39 is 5.54 Å². The van der Waals surface area contributed by atoms with Gasteiger partial charge in [0.1, 0.15) is 5.75 Å². The van der Waals surface area contributed by atoms with Crippen LogP contribution in [-0.2, 0) is 4.79 Å². The summed E-state index contributed by atoms with van der Waals surface area (Å²) >= 11 is 0. The van der Waals surface area contributed by atoms with E-state index in [2.05, 4.69) is 5.32 Å². The van der Waals surface area contributed by atoms with Crippen LogP contribution in [-0.4, -0.2) is 16.6 Å². The number of rotatable bonds is 2. The molecule has 1 aromatic carbocycles. The summed E-state index contributed by atoms with van der Waals surface area (Å²) in [7, 11) is 0. The molecule has 0 saturated carbocycles. The van der Waals surface area contributed by atoms with Gasteiger partial charge in [0, 0.05) is 11.3 Å². The summed E-state index contributed by atoms with van der Waals surface area (Å²) in [5.41, 5.74) is 6.75. The van der Waals surface area contributed by atoms with Crippen molar-refractivity contribution < 1.29 is 9.90 Å². The maximum Gasteiger partial charge on any atom is 0.243 e. The standard InChI is InChI=1S/C12H18N2O2/c1-7-5-6-9(8(2)10(7)15)14-11(16)12(3,4)13/h5-6,15H,13H2,1-4H3,(H,14,16). The van der Waals surface area contributed by atoms with Gasteiger partial charge in [0.25, 0.3) is 0 Å². The van der Waals surface area contributed by atoms with Crippen molar-refractivity contribution in [3.63, 3.8) is 0 Å². The minimum atomic E-state index is -0.938. The number of phenolic OH excluding ortho intramolecular Hbond substituents is 1. The second-order valence-electron chi connectivity index (χ2n) is 4.58. The molecule has 0 aliphatic carbocycles. The fraction of sp³-hybridized carbons (Fsp3) is 0.417. The number of carbonyl (C=O) groups excluding carboxylic acids is 1. The first-order valence-electron chi connectivity index (χ1n) is 5.13. The smallest absolute Gasteiger partial charge is 0.243 e. The molecule has 0 spiro atoms. The summed E-state index contributed by atoms with van der Waals surface area (Å²) < 4.78 is 0. The number of aromatic hydroxyl groups is 1. The van der Waals surface area contributed by atoms with Crippen LogP contribution in [0.15, 0.2) is 12.1 Å². The highest BCUT2D eigenvalue weighted by molar-refractivity contribution is 5.98. The Hall–Kier alpha value is -1.55. The number of hydrogen-bond acceptors (Lipinski definition) is 3. The molecule has 0 saturated heterocycles. The fourth-order valence-electron chi connectivity index (χ4n) is 1.25. The predicted molar refractivity (Wildman–Crippen MR) is 64.5 cm³/mol. The topological polar surface area (TPSA) is 75.4 Å². The fourth-order valence-corrected chi connectivity index (χ4v) is 1.25. The Balaban J connectivity index is 3.00. The predicted octanol–water partition coefficient (Wildman–Crippen LogP) is 1.68. The van der Waals surface area contributed by atoms with Crippen LogP contribution in [0.1, 0.15) is 25.0 Å². The van der Waals surface area contributed by atoms with Gasteiger partial charge in [-0.25, -0.2) is 0 Å². The lowest BCUT2D eigenvalue weighted by atomic mass is 10.0. The lowest BCUT2D eigenvalue weighted by molar-refractivity contribution is -0.120. The van der Waals surface area contributed by atoms with Crippen LogP contribution in [0.2, 0.25) is 0 Å². The molecule has 0 aliphatic heterocycles. The molecule has 0 aromatic heterocycles. The van der Waals surface area contributed by atoms with Crippen molar-refractivity contribution in [1.82, 2.24) is 0 Å². The molecule has 4 heteroatoms. The lowest BCUT2D eigenvalue weighted by Gasteiger charge is -2.19. The number of phenols is 1. The molecule has 0 bridgehead atoms. The van der Waals surface area contributed by atoms with Gasteiger partial charge in [-0.2, -0.15) is 0 Å². The number of aryl methyl sites for hydroxylation is 1. The van der Waals surface area contributed by atoms with E-state index in [9.17, 15) is 9.90 Å². The van der Waals surface area contributed by atoms with Crippen molar-refractivity contribution >= 4 is 11.6 Å². The number of benzene rings is 1. The molecule has 0 unspecified atom stereocenters. The monoisotopic (exact) mass is 222 g/mol. The highest BCUT2D eigenvalue weighted by atomic mass is 16.3. The second-order valence-corrected chi connectivity index (χ2v) is 4.58. The zero-order chi connectivity index (χ0) is 12.5. The molecule has 4 nitrogen and oxygen atoms in total. The van der Waals surface area contributed by atoms with Gasteiger partial charge in [-0.3, -0.25) is 4.79 Å². The molecule has 0 radical (unpaired) electrons. The van der Waals surface area contributed by atoms with E-state index in [4.69, 9.17) is 5.73 Å². The average molecular weight is 222 g/mol. The van der Waals surface area contributed by atoms with Gasteiger partial charge in [0.2, 0.25) is 5.91 Å². The quantitative estimate of drug-likeness (QED) is 0.712. The van der Waals surface area contributed by atoms with Crippen LogP contribution in [0.5, 0.6) is 5.75 Å². The van der Waals surface area contributed by atoms with Crippen LogP contribution in [0.3, 0.4) is 0 Å². The molecular formula is C12H18N2O2. The highest BCUT2D eigenvalue weighted by Gasteiger charge is 2.22. The molecule has 0 aliphatic rings. The highest BCUT2D eigenvalue weighted by Crippen LogP contribution is 2.28. The lowest BCUT2D eigenvalue weighted by Crippen LogP contribution is -2.45. The Morgan fingerprint density at radius 1 is 1.38 bits per heavy atom. The minimum absolute atomic E-state index is 0.202. The van der Waals surface area contributed by atoms with Crippen molar-refractivity contribution in [1.29, 1.82) is 0 Å². The molecule has 4 N–H and O–H groups in total. The maximum absolute atomic E-state index is 11.7. The third kappa shape index (κ3) is 2.52. The Morgan fingerprint density at radius 3 is 2.44 bits per heavy atom. The first-order chi connectivity index (χ1) is 7.23. The van der Waals surface area contributed by atoms with E-state index in [0.717, 1.165) is 5.56 Å². The summed E-state index contributed by atoms with van der Waals surface area (Å²) in [6.07, 6.45) is 0. The van der Waals surface area contributed by atoms with Crippen LogP contribution in [0.4, 0.5) is 5.69 Å². The number of anilines is 1. The Morgan fingerprint density at radius 2 is 1.94 bits per heavy atom. The van der Waals surface area contributed by atoms with E-state index in [1.165, 1.54) is 0 Å². The summed E-state index contributed by atoms with van der Waals surface area (Å²) in [5, 5.41) is 12.4. The normalized spacial score (nSPS) is 11.3. The molecule has 1 aromatic rings. The largest absolute Gasteiger partial charge is 0.507 e. The van der Waals surface area contributed by atoms with Gasteiger partial charge in [0.05, 0.1) is 5.54 Å². The van der Waals surface area contributed by atoms with Crippen molar-refractivity contribution in [2.45, 2.75) is 33.2 Å². The SMILES string of the molecule is Cc1ccc(NC(=O)C(C)(C)N)c(C)c1O. The third-order valence-corrected chi connectivity index (χ3v) is 2.47.